The number of alkyl halides is 4. The predicted octanol–water partition coefficient (Wildman–Crippen LogP) is 2.79. The Morgan fingerprint density at radius 1 is 1.19 bits per heavy atom. The summed E-state index contributed by atoms with van der Waals surface area (Å²) in [7, 11) is 0. The Morgan fingerprint density at radius 2 is 1.88 bits per heavy atom. The SMILES string of the molecule is NC(CNC(=O)c1ccc(OCC(F)(F)C(F)F)nc1)c1ccccc1. The van der Waals surface area contributed by atoms with Crippen LogP contribution in [0.4, 0.5) is 17.6 Å². The van der Waals surface area contributed by atoms with Gasteiger partial charge in [0.15, 0.2) is 6.61 Å². The first-order valence-electron chi connectivity index (χ1n) is 7.63. The van der Waals surface area contributed by atoms with Gasteiger partial charge < -0.3 is 15.8 Å². The van der Waals surface area contributed by atoms with Crippen LogP contribution < -0.4 is 15.8 Å². The number of hydrogen-bond acceptors (Lipinski definition) is 4. The normalized spacial score (nSPS) is 12.7. The summed E-state index contributed by atoms with van der Waals surface area (Å²) in [6.07, 6.45) is -2.74. The molecular formula is C17H17F4N3O2. The van der Waals surface area contributed by atoms with E-state index in [0.29, 0.717) is 0 Å². The zero-order valence-corrected chi connectivity index (χ0v) is 13.5. The number of rotatable bonds is 8. The largest absolute Gasteiger partial charge is 0.471 e. The van der Waals surface area contributed by atoms with Gasteiger partial charge in [-0.1, -0.05) is 30.3 Å². The van der Waals surface area contributed by atoms with Crippen molar-refractivity contribution in [2.24, 2.45) is 5.73 Å². The molecule has 1 aromatic carbocycles. The van der Waals surface area contributed by atoms with E-state index in [2.05, 4.69) is 15.0 Å². The van der Waals surface area contributed by atoms with Crippen LogP contribution in [0.25, 0.3) is 0 Å². The van der Waals surface area contributed by atoms with Crippen molar-refractivity contribution in [2.75, 3.05) is 13.2 Å². The van der Waals surface area contributed by atoms with E-state index in [-0.39, 0.29) is 18.0 Å². The lowest BCUT2D eigenvalue weighted by atomic mass is 10.1. The van der Waals surface area contributed by atoms with Crippen LogP contribution in [0.3, 0.4) is 0 Å². The Morgan fingerprint density at radius 3 is 2.46 bits per heavy atom. The number of benzene rings is 1. The van der Waals surface area contributed by atoms with Crippen LogP contribution >= 0.6 is 0 Å². The molecule has 0 radical (unpaired) electrons. The molecule has 9 heteroatoms. The molecule has 1 aromatic heterocycles. The van der Waals surface area contributed by atoms with Crippen molar-refractivity contribution in [3.8, 4) is 5.88 Å². The fourth-order valence-corrected chi connectivity index (χ4v) is 1.96. The van der Waals surface area contributed by atoms with Crippen LogP contribution in [0.5, 0.6) is 5.88 Å². The van der Waals surface area contributed by atoms with Gasteiger partial charge in [-0.2, -0.15) is 8.78 Å². The molecule has 1 atom stereocenters. The fourth-order valence-electron chi connectivity index (χ4n) is 1.96. The van der Waals surface area contributed by atoms with Crippen LogP contribution in [0.15, 0.2) is 48.7 Å². The van der Waals surface area contributed by atoms with Crippen LogP contribution in [0.1, 0.15) is 22.0 Å². The van der Waals surface area contributed by atoms with Gasteiger partial charge in [-0.3, -0.25) is 4.79 Å². The standard InChI is InChI=1S/C17H17F4N3O2/c18-16(19)17(20,21)10-26-14-7-6-12(8-23-14)15(25)24-9-13(22)11-4-2-1-3-5-11/h1-8,13,16H,9-10,22H2,(H,24,25). The lowest BCUT2D eigenvalue weighted by Crippen LogP contribution is -2.34. The molecule has 0 spiro atoms. The highest BCUT2D eigenvalue weighted by Gasteiger charge is 2.41. The molecule has 1 heterocycles. The van der Waals surface area contributed by atoms with Crippen molar-refractivity contribution in [2.45, 2.75) is 18.4 Å². The summed E-state index contributed by atoms with van der Waals surface area (Å²) in [4.78, 5) is 15.7. The highest BCUT2D eigenvalue weighted by molar-refractivity contribution is 5.93. The third kappa shape index (κ3) is 5.41. The Balaban J connectivity index is 1.86. The number of halogens is 4. The maximum atomic E-state index is 12.8. The van der Waals surface area contributed by atoms with Crippen molar-refractivity contribution >= 4 is 5.91 Å². The highest BCUT2D eigenvalue weighted by atomic mass is 19.3. The van der Waals surface area contributed by atoms with Crippen molar-refractivity contribution in [1.82, 2.24) is 10.3 Å². The zero-order valence-electron chi connectivity index (χ0n) is 13.5. The lowest BCUT2D eigenvalue weighted by Gasteiger charge is -2.15. The van der Waals surface area contributed by atoms with E-state index >= 15 is 0 Å². The summed E-state index contributed by atoms with van der Waals surface area (Å²) in [5.41, 5.74) is 6.97. The fraction of sp³-hybridized carbons (Fsp3) is 0.294. The highest BCUT2D eigenvalue weighted by Crippen LogP contribution is 2.23. The van der Waals surface area contributed by atoms with Gasteiger partial charge in [0.05, 0.1) is 5.56 Å². The Kier molecular flexibility index (Phi) is 6.51. The van der Waals surface area contributed by atoms with Crippen molar-refractivity contribution in [3.63, 3.8) is 0 Å². The first-order valence-corrected chi connectivity index (χ1v) is 7.63. The zero-order chi connectivity index (χ0) is 19.2. The Hall–Kier alpha value is -2.68. The number of aromatic nitrogens is 1. The van der Waals surface area contributed by atoms with Crippen molar-refractivity contribution in [3.05, 3.63) is 59.8 Å². The number of nitrogens with zero attached hydrogens (tertiary/aromatic N) is 1. The van der Waals surface area contributed by atoms with Crippen LogP contribution in [-0.4, -0.2) is 36.4 Å². The number of carbonyl (C=O) groups is 1. The molecule has 1 amide bonds. The second kappa shape index (κ2) is 8.61. The van der Waals surface area contributed by atoms with E-state index in [1.807, 2.05) is 30.3 Å². The molecule has 3 N–H and O–H groups in total. The molecule has 2 rings (SSSR count). The molecular weight excluding hydrogens is 354 g/mol. The van der Waals surface area contributed by atoms with E-state index in [9.17, 15) is 22.4 Å². The monoisotopic (exact) mass is 371 g/mol. The van der Waals surface area contributed by atoms with E-state index < -0.39 is 30.9 Å². The smallest absolute Gasteiger partial charge is 0.340 e. The Labute approximate surface area is 147 Å². The minimum Gasteiger partial charge on any atom is -0.471 e. The van der Waals surface area contributed by atoms with Crippen molar-refractivity contribution < 1.29 is 27.1 Å². The van der Waals surface area contributed by atoms with Crippen LogP contribution in [0.2, 0.25) is 0 Å². The summed E-state index contributed by atoms with van der Waals surface area (Å²) in [5, 5.41) is 2.62. The van der Waals surface area contributed by atoms with Gasteiger partial charge in [0.2, 0.25) is 5.88 Å². The van der Waals surface area contributed by atoms with Gasteiger partial charge in [-0.05, 0) is 11.6 Å². The van der Waals surface area contributed by atoms with Crippen molar-refractivity contribution in [1.29, 1.82) is 0 Å². The van der Waals surface area contributed by atoms with E-state index in [0.717, 1.165) is 17.8 Å². The van der Waals surface area contributed by atoms with E-state index in [1.165, 1.54) is 6.07 Å². The summed E-state index contributed by atoms with van der Waals surface area (Å²) >= 11 is 0. The minimum atomic E-state index is -4.27. The summed E-state index contributed by atoms with van der Waals surface area (Å²) in [5.74, 6) is -5.03. The molecule has 0 aliphatic heterocycles. The third-order valence-electron chi connectivity index (χ3n) is 3.44. The first-order chi connectivity index (χ1) is 12.3. The quantitative estimate of drug-likeness (QED) is 0.700. The maximum absolute atomic E-state index is 12.8. The van der Waals surface area contributed by atoms with Gasteiger partial charge >= 0.3 is 12.3 Å². The van der Waals surface area contributed by atoms with E-state index in [4.69, 9.17) is 5.73 Å². The molecule has 26 heavy (non-hydrogen) atoms. The average molecular weight is 371 g/mol. The van der Waals surface area contributed by atoms with Gasteiger partial charge in [0.1, 0.15) is 0 Å². The van der Waals surface area contributed by atoms with Gasteiger partial charge in [-0.25, -0.2) is 13.8 Å². The first kappa shape index (κ1) is 19.6. The summed E-state index contributed by atoms with van der Waals surface area (Å²) < 4.78 is 54.2. The van der Waals surface area contributed by atoms with Gasteiger partial charge in [-0.15, -0.1) is 0 Å². The van der Waals surface area contributed by atoms with Crippen LogP contribution in [-0.2, 0) is 0 Å². The molecule has 0 aliphatic rings. The molecule has 0 saturated heterocycles. The molecule has 0 bridgehead atoms. The van der Waals surface area contributed by atoms with Gasteiger partial charge in [0, 0.05) is 24.8 Å². The summed E-state index contributed by atoms with van der Waals surface area (Å²) in [6.45, 7) is -1.32. The predicted molar refractivity (Wildman–Crippen MR) is 86.4 cm³/mol. The van der Waals surface area contributed by atoms with Gasteiger partial charge in [0.25, 0.3) is 5.91 Å². The number of carbonyl (C=O) groups excluding carboxylic acids is 1. The Bertz CT molecular complexity index is 712. The summed E-state index contributed by atoms with van der Waals surface area (Å²) in [6, 6.07) is 11.2. The maximum Gasteiger partial charge on any atom is 0.340 e. The number of ether oxygens (including phenoxy) is 1. The molecule has 0 fully saturated rings. The van der Waals surface area contributed by atoms with E-state index in [1.54, 1.807) is 0 Å². The second-order valence-electron chi connectivity index (χ2n) is 5.46. The number of nitrogens with two attached hydrogens (primary N) is 1. The molecule has 2 aromatic rings. The molecule has 0 aliphatic carbocycles. The average Bonchev–Trinajstić information content (AvgIpc) is 2.65. The van der Waals surface area contributed by atoms with Crippen LogP contribution in [0, 0.1) is 0 Å². The number of nitrogens with one attached hydrogen (secondary N) is 1. The third-order valence-corrected chi connectivity index (χ3v) is 3.44. The molecule has 140 valence electrons. The minimum absolute atomic E-state index is 0.151. The lowest BCUT2D eigenvalue weighted by molar-refractivity contribution is -0.148. The topological polar surface area (TPSA) is 77.2 Å². The molecule has 1 unspecified atom stereocenters. The second-order valence-corrected chi connectivity index (χ2v) is 5.46. The number of amides is 1. The number of hydrogen-bond donors (Lipinski definition) is 2. The molecule has 0 saturated carbocycles. The molecule has 5 nitrogen and oxygen atoms in total. The number of pyridine rings is 1.